The molecular formula is C12H16BN3O2. The number of hydrogen-bond acceptors (Lipinski definition) is 5. The van der Waals surface area contributed by atoms with Crippen LogP contribution in [0, 0.1) is 11.3 Å². The molecule has 0 aliphatic carbocycles. The van der Waals surface area contributed by atoms with Crippen molar-refractivity contribution >= 4 is 18.4 Å². The van der Waals surface area contributed by atoms with Gasteiger partial charge in [-0.15, -0.1) is 0 Å². The van der Waals surface area contributed by atoms with Gasteiger partial charge in [0.25, 0.3) is 0 Å². The number of nitrogens with two attached hydrogens (primary N) is 1. The lowest BCUT2D eigenvalue weighted by Gasteiger charge is -2.32. The van der Waals surface area contributed by atoms with Crippen molar-refractivity contribution in [3.8, 4) is 6.07 Å². The fourth-order valence-corrected chi connectivity index (χ4v) is 1.71. The Morgan fingerprint density at radius 3 is 2.33 bits per heavy atom. The number of nitrogen functional groups attached to an aromatic ring is 1. The summed E-state index contributed by atoms with van der Waals surface area (Å²) in [5, 5.41) is 8.89. The van der Waals surface area contributed by atoms with E-state index in [9.17, 15) is 0 Å². The molecule has 0 saturated carbocycles. The summed E-state index contributed by atoms with van der Waals surface area (Å²) in [7, 11) is -0.587. The van der Waals surface area contributed by atoms with Gasteiger partial charge in [0.05, 0.1) is 16.8 Å². The molecule has 0 unspecified atom stereocenters. The van der Waals surface area contributed by atoms with Crippen molar-refractivity contribution < 1.29 is 9.31 Å². The molecule has 0 aromatic carbocycles. The van der Waals surface area contributed by atoms with Crippen molar-refractivity contribution in [3.05, 3.63) is 17.8 Å². The van der Waals surface area contributed by atoms with Crippen LogP contribution in [-0.4, -0.2) is 23.3 Å². The van der Waals surface area contributed by atoms with Gasteiger partial charge in [-0.1, -0.05) is 0 Å². The minimum Gasteiger partial charge on any atom is -0.399 e. The van der Waals surface area contributed by atoms with E-state index in [1.165, 1.54) is 6.20 Å². The van der Waals surface area contributed by atoms with Crippen LogP contribution in [0.1, 0.15) is 33.3 Å². The third kappa shape index (κ3) is 1.96. The number of aromatic nitrogens is 1. The molecule has 18 heavy (non-hydrogen) atoms. The number of pyridine rings is 1. The molecule has 1 fully saturated rings. The first-order valence-electron chi connectivity index (χ1n) is 5.78. The molecule has 6 heteroatoms. The molecule has 1 aromatic rings. The maximum atomic E-state index is 8.89. The Morgan fingerprint density at radius 2 is 1.83 bits per heavy atom. The zero-order valence-electron chi connectivity index (χ0n) is 11.0. The van der Waals surface area contributed by atoms with Crippen molar-refractivity contribution in [2.45, 2.75) is 38.9 Å². The summed E-state index contributed by atoms with van der Waals surface area (Å²) in [6, 6.07) is 3.69. The van der Waals surface area contributed by atoms with E-state index in [-0.39, 0.29) is 0 Å². The maximum Gasteiger partial charge on any atom is 0.498 e. The number of rotatable bonds is 1. The molecule has 0 amide bonds. The van der Waals surface area contributed by atoms with Crippen molar-refractivity contribution in [3.63, 3.8) is 0 Å². The van der Waals surface area contributed by atoms with E-state index in [4.69, 9.17) is 20.3 Å². The molecule has 0 atom stereocenters. The van der Waals surface area contributed by atoms with Crippen molar-refractivity contribution in [1.29, 1.82) is 5.26 Å². The van der Waals surface area contributed by atoms with Crippen LogP contribution in [0.3, 0.4) is 0 Å². The summed E-state index contributed by atoms with van der Waals surface area (Å²) < 4.78 is 11.8. The van der Waals surface area contributed by atoms with E-state index >= 15 is 0 Å². The summed E-state index contributed by atoms with van der Waals surface area (Å²) in [5.74, 6) is 0.326. The van der Waals surface area contributed by atoms with Gasteiger partial charge >= 0.3 is 7.12 Å². The highest BCUT2D eigenvalue weighted by atomic mass is 16.7. The molecule has 2 heterocycles. The van der Waals surface area contributed by atoms with Gasteiger partial charge in [-0.3, -0.25) is 0 Å². The molecule has 2 rings (SSSR count). The lowest BCUT2D eigenvalue weighted by Crippen LogP contribution is -2.41. The van der Waals surface area contributed by atoms with Crippen LogP contribution in [0.2, 0.25) is 0 Å². The average Bonchev–Trinajstić information content (AvgIpc) is 2.48. The smallest absolute Gasteiger partial charge is 0.399 e. The van der Waals surface area contributed by atoms with E-state index in [0.29, 0.717) is 16.8 Å². The van der Waals surface area contributed by atoms with Gasteiger partial charge in [0.1, 0.15) is 11.9 Å². The predicted octanol–water partition coefficient (Wildman–Crippen LogP) is 0.835. The largest absolute Gasteiger partial charge is 0.498 e. The maximum absolute atomic E-state index is 8.89. The molecule has 0 bridgehead atoms. The van der Waals surface area contributed by atoms with Crippen LogP contribution in [0.4, 0.5) is 5.82 Å². The zero-order valence-corrected chi connectivity index (χ0v) is 11.0. The third-order valence-electron chi connectivity index (χ3n) is 3.59. The molecule has 2 N–H and O–H groups in total. The third-order valence-corrected chi connectivity index (χ3v) is 3.59. The highest BCUT2D eigenvalue weighted by Gasteiger charge is 2.52. The van der Waals surface area contributed by atoms with Crippen LogP contribution in [-0.2, 0) is 9.31 Å². The first kappa shape index (κ1) is 12.9. The molecule has 1 aliphatic heterocycles. The van der Waals surface area contributed by atoms with E-state index < -0.39 is 18.3 Å². The van der Waals surface area contributed by atoms with Crippen molar-refractivity contribution in [2.24, 2.45) is 0 Å². The van der Waals surface area contributed by atoms with Gasteiger partial charge in [0, 0.05) is 11.7 Å². The number of hydrogen-bond donors (Lipinski definition) is 1. The van der Waals surface area contributed by atoms with Gasteiger partial charge in [0.15, 0.2) is 0 Å². The monoisotopic (exact) mass is 245 g/mol. The highest BCUT2D eigenvalue weighted by Crippen LogP contribution is 2.36. The number of nitrogens with zero attached hydrogens (tertiary/aromatic N) is 2. The van der Waals surface area contributed by atoms with Crippen LogP contribution in [0.5, 0.6) is 0 Å². The second-order valence-corrected chi connectivity index (χ2v) is 5.40. The quantitative estimate of drug-likeness (QED) is 0.741. The molecule has 1 aromatic heterocycles. The Hall–Kier alpha value is -1.58. The normalized spacial score (nSPS) is 20.7. The second-order valence-electron chi connectivity index (χ2n) is 5.40. The summed E-state index contributed by atoms with van der Waals surface area (Å²) in [6.07, 6.45) is 1.43. The van der Waals surface area contributed by atoms with E-state index in [1.807, 2.05) is 33.8 Å². The molecule has 0 radical (unpaired) electrons. The van der Waals surface area contributed by atoms with Crippen LogP contribution in [0.25, 0.3) is 0 Å². The highest BCUT2D eigenvalue weighted by molar-refractivity contribution is 6.63. The first-order chi connectivity index (χ1) is 8.27. The lowest BCUT2D eigenvalue weighted by atomic mass is 9.79. The zero-order chi connectivity index (χ0) is 13.6. The molecule has 5 nitrogen and oxygen atoms in total. The van der Waals surface area contributed by atoms with E-state index in [1.54, 1.807) is 6.07 Å². The molecular weight excluding hydrogens is 229 g/mol. The Bertz CT molecular complexity index is 507. The molecule has 1 aliphatic rings. The Morgan fingerprint density at radius 1 is 1.28 bits per heavy atom. The summed E-state index contributed by atoms with van der Waals surface area (Å²) in [5.41, 5.74) is 5.99. The second kappa shape index (κ2) is 3.97. The van der Waals surface area contributed by atoms with Gasteiger partial charge < -0.3 is 15.0 Å². The average molecular weight is 245 g/mol. The van der Waals surface area contributed by atoms with Gasteiger partial charge in [-0.25, -0.2) is 4.98 Å². The molecule has 1 saturated heterocycles. The Labute approximate surface area is 107 Å². The predicted molar refractivity (Wildman–Crippen MR) is 69.1 cm³/mol. The Balaban J connectivity index is 2.38. The summed E-state index contributed by atoms with van der Waals surface area (Å²) in [4.78, 5) is 3.99. The van der Waals surface area contributed by atoms with Gasteiger partial charge in [-0.05, 0) is 33.8 Å². The minimum absolute atomic E-state index is 0.326. The fourth-order valence-electron chi connectivity index (χ4n) is 1.71. The van der Waals surface area contributed by atoms with Crippen molar-refractivity contribution in [2.75, 3.05) is 5.73 Å². The fraction of sp³-hybridized carbons (Fsp3) is 0.500. The van der Waals surface area contributed by atoms with Crippen LogP contribution in [0.15, 0.2) is 12.3 Å². The van der Waals surface area contributed by atoms with E-state index in [0.717, 1.165) is 0 Å². The summed E-state index contributed by atoms with van der Waals surface area (Å²) >= 11 is 0. The standard InChI is InChI=1S/C12H16BN3O2/c1-11(2)12(3,4)18-13(17-11)9-5-8(6-14)7-16-10(9)15/h5,7H,1-4H3,(H2,15,16). The van der Waals surface area contributed by atoms with Gasteiger partial charge in [-0.2, -0.15) is 5.26 Å². The van der Waals surface area contributed by atoms with Gasteiger partial charge in [0.2, 0.25) is 0 Å². The number of nitriles is 1. The van der Waals surface area contributed by atoms with Crippen molar-refractivity contribution in [1.82, 2.24) is 4.98 Å². The van der Waals surface area contributed by atoms with Crippen LogP contribution >= 0.6 is 0 Å². The summed E-state index contributed by atoms with van der Waals surface area (Å²) in [6.45, 7) is 7.85. The minimum atomic E-state index is -0.587. The SMILES string of the molecule is CC1(C)OB(c2cc(C#N)cnc2N)OC1(C)C. The lowest BCUT2D eigenvalue weighted by molar-refractivity contribution is 0.00578. The first-order valence-corrected chi connectivity index (χ1v) is 5.78. The van der Waals surface area contributed by atoms with Crippen LogP contribution < -0.4 is 11.2 Å². The molecule has 94 valence electrons. The van der Waals surface area contributed by atoms with E-state index in [2.05, 4.69) is 4.98 Å². The topological polar surface area (TPSA) is 81.2 Å². The number of anilines is 1. The Kier molecular flexibility index (Phi) is 2.84. The molecule has 0 spiro atoms.